The van der Waals surface area contributed by atoms with Crippen LogP contribution in [-0.2, 0) is 0 Å². The Balaban J connectivity index is 2.72. The molecular formula is C14H13N3O5. The molecule has 0 aliphatic heterocycles. The molecule has 0 spiro atoms. The van der Waals surface area contributed by atoms with Crippen LogP contribution in [0.2, 0.25) is 0 Å². The predicted molar refractivity (Wildman–Crippen MR) is 74.8 cm³/mol. The summed E-state index contributed by atoms with van der Waals surface area (Å²) in [7, 11) is 0. The number of hydrogen-bond acceptors (Lipinski definition) is 5. The maximum absolute atomic E-state index is 11.1. The minimum Gasteiger partial charge on any atom is -0.478 e. The molecule has 0 amide bonds. The Morgan fingerprint density at radius 1 is 1.14 bits per heavy atom. The molecule has 114 valence electrons. The Labute approximate surface area is 125 Å². The maximum Gasteiger partial charge on any atom is 0.335 e. The first kappa shape index (κ1) is 15.4. The van der Waals surface area contributed by atoms with Crippen molar-refractivity contribution < 1.29 is 24.6 Å². The molecule has 0 radical (unpaired) electrons. The van der Waals surface area contributed by atoms with E-state index in [0.29, 0.717) is 12.0 Å². The molecule has 8 nitrogen and oxygen atoms in total. The third-order valence-electron chi connectivity index (χ3n) is 3.05. The van der Waals surface area contributed by atoms with Crippen molar-refractivity contribution in [1.29, 1.82) is 0 Å². The summed E-state index contributed by atoms with van der Waals surface area (Å²) in [6.07, 6.45) is 0.554. The van der Waals surface area contributed by atoms with E-state index in [2.05, 4.69) is 10.3 Å². The van der Waals surface area contributed by atoms with Crippen LogP contribution < -0.4 is 0 Å². The Morgan fingerprint density at radius 2 is 1.68 bits per heavy atom. The topological polar surface area (TPSA) is 122 Å². The molecule has 8 heteroatoms. The quantitative estimate of drug-likeness (QED) is 0.804. The molecule has 2 rings (SSSR count). The summed E-state index contributed by atoms with van der Waals surface area (Å²) in [6, 6.07) is 3.62. The Morgan fingerprint density at radius 3 is 2.09 bits per heavy atom. The minimum atomic E-state index is -1.26. The first-order chi connectivity index (χ1) is 10.3. The number of carbonyl (C=O) groups excluding carboxylic acids is 1. The van der Waals surface area contributed by atoms with Crippen LogP contribution in [0.3, 0.4) is 0 Å². The fraction of sp³-hybridized carbons (Fsp3) is 0.214. The van der Waals surface area contributed by atoms with Gasteiger partial charge in [0.25, 0.3) is 0 Å². The number of carboxylic acid groups (broad SMARTS) is 2. The SMILES string of the molecule is CC(C)c1c(C=O)nnn1-c1cc(C(=O)O)cc(C(=O)O)c1. The molecule has 0 atom stereocenters. The first-order valence-corrected chi connectivity index (χ1v) is 6.38. The number of carboxylic acids is 2. The van der Waals surface area contributed by atoms with E-state index in [-0.39, 0.29) is 28.4 Å². The van der Waals surface area contributed by atoms with Crippen LogP contribution in [0.1, 0.15) is 56.7 Å². The zero-order valence-corrected chi connectivity index (χ0v) is 11.8. The third kappa shape index (κ3) is 2.71. The van der Waals surface area contributed by atoms with Gasteiger partial charge in [-0.25, -0.2) is 14.3 Å². The number of rotatable bonds is 5. The lowest BCUT2D eigenvalue weighted by Crippen LogP contribution is -2.09. The number of aromatic nitrogens is 3. The summed E-state index contributed by atoms with van der Waals surface area (Å²) in [6.45, 7) is 3.64. The van der Waals surface area contributed by atoms with Gasteiger partial charge in [0, 0.05) is 0 Å². The normalized spacial score (nSPS) is 10.7. The van der Waals surface area contributed by atoms with E-state index < -0.39 is 11.9 Å². The molecule has 0 aliphatic carbocycles. The van der Waals surface area contributed by atoms with Crippen LogP contribution in [0.25, 0.3) is 5.69 Å². The molecule has 22 heavy (non-hydrogen) atoms. The van der Waals surface area contributed by atoms with Crippen LogP contribution in [0.5, 0.6) is 0 Å². The van der Waals surface area contributed by atoms with Crippen molar-refractivity contribution in [2.75, 3.05) is 0 Å². The van der Waals surface area contributed by atoms with Crippen molar-refractivity contribution >= 4 is 18.2 Å². The molecule has 0 saturated heterocycles. The highest BCUT2D eigenvalue weighted by molar-refractivity contribution is 5.94. The number of nitrogens with zero attached hydrogens (tertiary/aromatic N) is 3. The molecule has 0 aliphatic rings. The van der Waals surface area contributed by atoms with Crippen molar-refractivity contribution in [3.63, 3.8) is 0 Å². The van der Waals surface area contributed by atoms with Gasteiger partial charge < -0.3 is 10.2 Å². The van der Waals surface area contributed by atoms with E-state index in [9.17, 15) is 14.4 Å². The van der Waals surface area contributed by atoms with Crippen molar-refractivity contribution in [2.24, 2.45) is 0 Å². The van der Waals surface area contributed by atoms with Crippen LogP contribution in [0.4, 0.5) is 0 Å². The van der Waals surface area contributed by atoms with Gasteiger partial charge in [-0.15, -0.1) is 5.10 Å². The van der Waals surface area contributed by atoms with Crippen molar-refractivity contribution in [3.8, 4) is 5.69 Å². The van der Waals surface area contributed by atoms with Gasteiger partial charge in [0.1, 0.15) is 5.69 Å². The summed E-state index contributed by atoms with van der Waals surface area (Å²) in [4.78, 5) is 33.3. The third-order valence-corrected chi connectivity index (χ3v) is 3.05. The van der Waals surface area contributed by atoms with Gasteiger partial charge in [0.2, 0.25) is 0 Å². The second kappa shape index (κ2) is 5.76. The first-order valence-electron chi connectivity index (χ1n) is 6.38. The van der Waals surface area contributed by atoms with Crippen LogP contribution >= 0.6 is 0 Å². The highest BCUT2D eigenvalue weighted by atomic mass is 16.4. The smallest absolute Gasteiger partial charge is 0.335 e. The largest absolute Gasteiger partial charge is 0.478 e. The molecule has 1 heterocycles. The standard InChI is InChI=1S/C14H13N3O5/c1-7(2)12-11(6-18)15-16-17(12)10-4-8(13(19)20)3-9(5-10)14(21)22/h3-7H,1-2H3,(H,19,20)(H,21,22). The summed E-state index contributed by atoms with van der Waals surface area (Å²) < 4.78 is 1.28. The fourth-order valence-electron chi connectivity index (χ4n) is 2.10. The molecule has 0 bridgehead atoms. The average Bonchev–Trinajstić information content (AvgIpc) is 2.90. The lowest BCUT2D eigenvalue weighted by molar-refractivity contribution is 0.0696. The van der Waals surface area contributed by atoms with E-state index >= 15 is 0 Å². The number of aldehydes is 1. The highest BCUT2D eigenvalue weighted by Crippen LogP contribution is 2.22. The van der Waals surface area contributed by atoms with Crippen LogP contribution in [-0.4, -0.2) is 43.4 Å². The van der Waals surface area contributed by atoms with Crippen molar-refractivity contribution in [1.82, 2.24) is 15.0 Å². The second-order valence-electron chi connectivity index (χ2n) is 4.92. The van der Waals surface area contributed by atoms with Gasteiger partial charge in [-0.3, -0.25) is 4.79 Å². The molecule has 0 fully saturated rings. The molecular weight excluding hydrogens is 290 g/mol. The lowest BCUT2D eigenvalue weighted by atomic mass is 10.1. The number of hydrogen-bond donors (Lipinski definition) is 2. The highest BCUT2D eigenvalue weighted by Gasteiger charge is 2.19. The molecule has 0 saturated carbocycles. The minimum absolute atomic E-state index is 0.114. The zero-order chi connectivity index (χ0) is 16.4. The number of aromatic carboxylic acids is 2. The van der Waals surface area contributed by atoms with E-state index in [1.54, 1.807) is 0 Å². The zero-order valence-electron chi connectivity index (χ0n) is 11.8. The van der Waals surface area contributed by atoms with Gasteiger partial charge in [-0.1, -0.05) is 19.1 Å². The monoisotopic (exact) mass is 303 g/mol. The van der Waals surface area contributed by atoms with Gasteiger partial charge >= 0.3 is 11.9 Å². The molecule has 0 unspecified atom stereocenters. The van der Waals surface area contributed by atoms with Crippen LogP contribution in [0, 0.1) is 0 Å². The molecule has 1 aromatic carbocycles. The van der Waals surface area contributed by atoms with Gasteiger partial charge in [0.15, 0.2) is 6.29 Å². The predicted octanol–water partition coefficient (Wildman–Crippen LogP) is 1.60. The van der Waals surface area contributed by atoms with Crippen molar-refractivity contribution in [3.05, 3.63) is 40.7 Å². The molecule has 2 N–H and O–H groups in total. The Kier molecular flexibility index (Phi) is 4.02. The Hall–Kier alpha value is -3.03. The van der Waals surface area contributed by atoms with E-state index in [1.165, 1.54) is 16.8 Å². The molecule has 2 aromatic rings. The van der Waals surface area contributed by atoms with Gasteiger partial charge in [-0.05, 0) is 24.1 Å². The van der Waals surface area contributed by atoms with Crippen LogP contribution in [0.15, 0.2) is 18.2 Å². The van der Waals surface area contributed by atoms with E-state index in [0.717, 1.165) is 6.07 Å². The summed E-state index contributed by atoms with van der Waals surface area (Å²) >= 11 is 0. The summed E-state index contributed by atoms with van der Waals surface area (Å²) in [5.74, 6) is -2.63. The fourth-order valence-corrected chi connectivity index (χ4v) is 2.10. The number of benzene rings is 1. The van der Waals surface area contributed by atoms with E-state index in [4.69, 9.17) is 10.2 Å². The maximum atomic E-state index is 11.1. The number of carbonyl (C=O) groups is 3. The van der Waals surface area contributed by atoms with Gasteiger partial charge in [-0.2, -0.15) is 0 Å². The van der Waals surface area contributed by atoms with E-state index in [1.807, 2.05) is 13.8 Å². The van der Waals surface area contributed by atoms with Gasteiger partial charge in [0.05, 0.1) is 22.5 Å². The summed E-state index contributed by atoms with van der Waals surface area (Å²) in [5.41, 5.74) is 0.462. The average molecular weight is 303 g/mol. The second-order valence-corrected chi connectivity index (χ2v) is 4.92. The molecule has 1 aromatic heterocycles. The lowest BCUT2D eigenvalue weighted by Gasteiger charge is -2.11. The Bertz CT molecular complexity index is 732. The van der Waals surface area contributed by atoms with Crippen molar-refractivity contribution in [2.45, 2.75) is 19.8 Å². The summed E-state index contributed by atoms with van der Waals surface area (Å²) in [5, 5.41) is 25.8.